The van der Waals surface area contributed by atoms with Crippen molar-refractivity contribution < 1.29 is 0 Å². The van der Waals surface area contributed by atoms with Gasteiger partial charge in [-0.25, -0.2) is 0 Å². The number of anilines is 3. The second-order valence-electron chi connectivity index (χ2n) is 21.6. The van der Waals surface area contributed by atoms with Gasteiger partial charge in [-0.2, -0.15) is 0 Å². The van der Waals surface area contributed by atoms with Gasteiger partial charge in [0.15, 0.2) is 0 Å². The van der Waals surface area contributed by atoms with Crippen molar-refractivity contribution in [2.45, 2.75) is 76.0 Å². The maximum absolute atomic E-state index is 2.68. The lowest BCUT2D eigenvalue weighted by molar-refractivity contribution is -0.0399. The smallest absolute Gasteiger partial charge is 0.0540 e. The Hall–Kier alpha value is -6.44. The van der Waals surface area contributed by atoms with Crippen LogP contribution in [-0.2, 0) is 16.2 Å². The van der Waals surface area contributed by atoms with Crippen LogP contribution in [0.25, 0.3) is 55.6 Å². The van der Waals surface area contributed by atoms with Crippen molar-refractivity contribution in [1.82, 2.24) is 0 Å². The highest BCUT2D eigenvalue weighted by Crippen LogP contribution is 2.70. The van der Waals surface area contributed by atoms with Gasteiger partial charge in [-0.1, -0.05) is 173 Å². The molecule has 65 heavy (non-hydrogen) atoms. The average Bonchev–Trinajstić information content (AvgIpc) is 3.85. The quantitative estimate of drug-likeness (QED) is 0.167. The monoisotopic (exact) mass is 837 g/mol. The minimum Gasteiger partial charge on any atom is -0.309 e. The SMILES string of the molecule is CC1(C)c2ccccc2-c2ccc(-c3ccccc3N(c3ccc4c(c3)C3(c5ccccc5-4)C4CC5CC(C4)CC3C5)c3ccccc3-c3cccc4c3-c3ccccc3C4(C)C)cc21. The zero-order chi connectivity index (χ0) is 43.4. The van der Waals surface area contributed by atoms with Gasteiger partial charge in [0.2, 0.25) is 0 Å². The molecule has 0 unspecified atom stereocenters. The van der Waals surface area contributed by atoms with Gasteiger partial charge in [0.1, 0.15) is 0 Å². The molecule has 1 heteroatoms. The van der Waals surface area contributed by atoms with E-state index in [1.54, 1.807) is 11.1 Å². The summed E-state index contributed by atoms with van der Waals surface area (Å²) in [6.07, 6.45) is 6.94. The Kier molecular flexibility index (Phi) is 7.77. The predicted octanol–water partition coefficient (Wildman–Crippen LogP) is 16.8. The van der Waals surface area contributed by atoms with Crippen LogP contribution in [0, 0.1) is 23.7 Å². The third-order valence-corrected chi connectivity index (χ3v) is 17.9. The zero-order valence-electron chi connectivity index (χ0n) is 38.0. The molecule has 7 aliphatic rings. The van der Waals surface area contributed by atoms with Crippen LogP contribution < -0.4 is 4.90 Å². The molecule has 15 rings (SSSR count). The highest BCUT2D eigenvalue weighted by molar-refractivity contribution is 6.00. The van der Waals surface area contributed by atoms with Crippen LogP contribution in [0.4, 0.5) is 17.1 Å². The molecule has 0 saturated heterocycles. The van der Waals surface area contributed by atoms with Crippen LogP contribution >= 0.6 is 0 Å². The van der Waals surface area contributed by atoms with E-state index in [0.717, 1.165) is 11.8 Å². The number of fused-ring (bicyclic) bond motifs is 9. The van der Waals surface area contributed by atoms with Crippen molar-refractivity contribution in [1.29, 1.82) is 0 Å². The van der Waals surface area contributed by atoms with Gasteiger partial charge >= 0.3 is 0 Å². The number of hydrogen-bond acceptors (Lipinski definition) is 1. The third kappa shape index (κ3) is 5.00. The molecule has 4 saturated carbocycles. The number of para-hydroxylation sites is 2. The highest BCUT2D eigenvalue weighted by Gasteiger charge is 2.61. The number of rotatable bonds is 5. The van der Waals surface area contributed by atoms with E-state index in [4.69, 9.17) is 0 Å². The van der Waals surface area contributed by atoms with Crippen molar-refractivity contribution in [3.63, 3.8) is 0 Å². The molecule has 0 atom stereocenters. The molecular formula is C64H55N. The van der Waals surface area contributed by atoms with Crippen molar-refractivity contribution in [3.05, 3.63) is 209 Å². The minimum absolute atomic E-state index is 0.0657. The van der Waals surface area contributed by atoms with Crippen LogP contribution in [0.5, 0.6) is 0 Å². The Morgan fingerprint density at radius 2 is 0.831 bits per heavy atom. The van der Waals surface area contributed by atoms with E-state index in [9.17, 15) is 0 Å². The van der Waals surface area contributed by atoms with E-state index in [2.05, 4.69) is 209 Å². The molecule has 0 N–H and O–H groups in total. The molecule has 0 aromatic heterocycles. The Labute approximate surface area is 384 Å². The Bertz CT molecular complexity index is 3280. The Balaban J connectivity index is 1.02. The van der Waals surface area contributed by atoms with Crippen LogP contribution in [0.1, 0.15) is 93.2 Å². The van der Waals surface area contributed by atoms with Gasteiger partial charge in [-0.15, -0.1) is 0 Å². The molecular weight excluding hydrogens is 783 g/mol. The molecule has 8 aromatic rings. The summed E-state index contributed by atoms with van der Waals surface area (Å²) < 4.78 is 0. The first-order valence-electron chi connectivity index (χ1n) is 24.4. The fourth-order valence-electron chi connectivity index (χ4n) is 15.3. The summed E-state index contributed by atoms with van der Waals surface area (Å²) in [4.78, 5) is 2.65. The molecule has 7 aliphatic carbocycles. The summed E-state index contributed by atoms with van der Waals surface area (Å²) in [6, 6.07) is 68.1. The van der Waals surface area contributed by atoms with E-state index in [-0.39, 0.29) is 16.2 Å². The topological polar surface area (TPSA) is 3.24 Å². The average molecular weight is 838 g/mol. The standard InChI is InChI=1S/C64H55N/c1-62(2)54-23-11-7-20-52(54)61-51(21-15-25-56(61)62)50-19-9-14-27-60(50)65(59-26-13-8-16-45(59)41-28-30-48-46-17-5-10-22-53(46)63(3,4)57(48)37-41)44-29-31-49-47-18-6-12-24-55(47)64(58(49)38-44)42-33-39-32-40(35-42)36-43(64)34-39/h5-31,37-40,42-43H,32-36H2,1-4H3. The predicted molar refractivity (Wildman–Crippen MR) is 270 cm³/mol. The van der Waals surface area contributed by atoms with Gasteiger partial charge in [0.25, 0.3) is 0 Å². The molecule has 0 radical (unpaired) electrons. The Morgan fingerprint density at radius 1 is 0.354 bits per heavy atom. The summed E-state index contributed by atoms with van der Waals surface area (Å²) in [6.45, 7) is 9.59. The largest absolute Gasteiger partial charge is 0.309 e. The molecule has 4 bridgehead atoms. The fraction of sp³-hybridized carbons (Fsp3) is 0.250. The van der Waals surface area contributed by atoms with E-state index in [0.29, 0.717) is 11.8 Å². The molecule has 0 heterocycles. The van der Waals surface area contributed by atoms with Crippen LogP contribution in [0.2, 0.25) is 0 Å². The maximum Gasteiger partial charge on any atom is 0.0540 e. The molecule has 316 valence electrons. The van der Waals surface area contributed by atoms with Crippen molar-refractivity contribution in [2.24, 2.45) is 23.7 Å². The van der Waals surface area contributed by atoms with E-state index in [1.165, 1.54) is 127 Å². The van der Waals surface area contributed by atoms with Gasteiger partial charge in [-0.05, 0) is 164 Å². The molecule has 0 aliphatic heterocycles. The van der Waals surface area contributed by atoms with E-state index in [1.807, 2.05) is 0 Å². The molecule has 4 fully saturated rings. The molecule has 0 amide bonds. The lowest BCUT2D eigenvalue weighted by atomic mass is 9.43. The molecule has 1 nitrogen and oxygen atoms in total. The van der Waals surface area contributed by atoms with E-state index >= 15 is 0 Å². The third-order valence-electron chi connectivity index (χ3n) is 17.9. The van der Waals surface area contributed by atoms with E-state index < -0.39 is 0 Å². The van der Waals surface area contributed by atoms with Crippen molar-refractivity contribution in [2.75, 3.05) is 4.90 Å². The van der Waals surface area contributed by atoms with Crippen LogP contribution in [0.3, 0.4) is 0 Å². The second-order valence-corrected chi connectivity index (χ2v) is 21.6. The minimum atomic E-state index is -0.0944. The highest BCUT2D eigenvalue weighted by atomic mass is 15.1. The van der Waals surface area contributed by atoms with Crippen molar-refractivity contribution >= 4 is 17.1 Å². The first-order valence-corrected chi connectivity index (χ1v) is 24.4. The number of nitrogens with zero attached hydrogens (tertiary/aromatic N) is 1. The Morgan fingerprint density at radius 3 is 1.54 bits per heavy atom. The number of benzene rings is 8. The normalized spacial score (nSPS) is 23.7. The maximum atomic E-state index is 2.68. The molecule has 8 aromatic carbocycles. The number of hydrogen-bond donors (Lipinski definition) is 0. The van der Waals surface area contributed by atoms with Crippen molar-refractivity contribution in [3.8, 4) is 55.6 Å². The summed E-state index contributed by atoms with van der Waals surface area (Å²) >= 11 is 0. The zero-order valence-corrected chi connectivity index (χ0v) is 38.0. The van der Waals surface area contributed by atoms with Crippen LogP contribution in [-0.4, -0.2) is 0 Å². The lowest BCUT2D eigenvalue weighted by Crippen LogP contribution is -2.55. The van der Waals surface area contributed by atoms with Crippen LogP contribution in [0.15, 0.2) is 176 Å². The van der Waals surface area contributed by atoms with Gasteiger partial charge < -0.3 is 4.90 Å². The summed E-state index contributed by atoms with van der Waals surface area (Å²) in [5.74, 6) is 3.17. The molecule has 1 spiro atoms. The first-order chi connectivity index (χ1) is 31.7. The van der Waals surface area contributed by atoms with Gasteiger partial charge in [-0.3, -0.25) is 0 Å². The lowest BCUT2D eigenvalue weighted by Gasteiger charge is -2.61. The summed E-state index contributed by atoms with van der Waals surface area (Å²) in [5, 5.41) is 0. The first kappa shape index (κ1) is 37.9. The summed E-state index contributed by atoms with van der Waals surface area (Å²) in [5.41, 5.74) is 25.8. The summed E-state index contributed by atoms with van der Waals surface area (Å²) in [7, 11) is 0. The fourth-order valence-corrected chi connectivity index (χ4v) is 15.3. The second kappa shape index (κ2) is 13.3. The van der Waals surface area contributed by atoms with Gasteiger partial charge in [0.05, 0.1) is 11.4 Å². The van der Waals surface area contributed by atoms with Gasteiger partial charge in [0, 0.05) is 33.1 Å².